The largest absolute Gasteiger partial charge is 0.494 e. The SMILES string of the molecule is CCOc1cccc(Oc2ccc(F)cc2C(C)N)c1. The highest BCUT2D eigenvalue weighted by Gasteiger charge is 2.10. The van der Waals surface area contributed by atoms with Crippen LogP contribution in [0.5, 0.6) is 17.2 Å². The van der Waals surface area contributed by atoms with Gasteiger partial charge in [0.1, 0.15) is 23.1 Å². The average molecular weight is 275 g/mol. The number of rotatable bonds is 5. The van der Waals surface area contributed by atoms with E-state index in [4.69, 9.17) is 15.2 Å². The molecule has 0 bridgehead atoms. The first-order chi connectivity index (χ1) is 9.60. The van der Waals surface area contributed by atoms with Gasteiger partial charge in [-0.15, -0.1) is 0 Å². The molecular weight excluding hydrogens is 257 g/mol. The molecular formula is C16H18FNO2. The molecule has 0 saturated heterocycles. The number of ether oxygens (including phenoxy) is 2. The minimum absolute atomic E-state index is 0.309. The molecule has 20 heavy (non-hydrogen) atoms. The van der Waals surface area contributed by atoms with E-state index in [1.54, 1.807) is 19.1 Å². The van der Waals surface area contributed by atoms with E-state index in [-0.39, 0.29) is 11.9 Å². The summed E-state index contributed by atoms with van der Waals surface area (Å²) in [6.07, 6.45) is 0. The first-order valence-electron chi connectivity index (χ1n) is 6.56. The Morgan fingerprint density at radius 2 is 1.90 bits per heavy atom. The Kier molecular flexibility index (Phi) is 4.58. The first kappa shape index (κ1) is 14.3. The van der Waals surface area contributed by atoms with Gasteiger partial charge in [0.05, 0.1) is 6.61 Å². The topological polar surface area (TPSA) is 44.5 Å². The zero-order valence-corrected chi connectivity index (χ0v) is 11.6. The number of halogens is 1. The van der Waals surface area contributed by atoms with Crippen molar-refractivity contribution in [2.24, 2.45) is 5.73 Å². The second-order valence-electron chi connectivity index (χ2n) is 4.48. The van der Waals surface area contributed by atoms with Crippen molar-refractivity contribution in [1.29, 1.82) is 0 Å². The summed E-state index contributed by atoms with van der Waals surface area (Å²) in [4.78, 5) is 0. The van der Waals surface area contributed by atoms with Crippen LogP contribution in [0.1, 0.15) is 25.5 Å². The summed E-state index contributed by atoms with van der Waals surface area (Å²) in [5, 5.41) is 0. The lowest BCUT2D eigenvalue weighted by Crippen LogP contribution is -2.07. The summed E-state index contributed by atoms with van der Waals surface area (Å²) in [5.41, 5.74) is 6.47. The number of hydrogen-bond acceptors (Lipinski definition) is 3. The van der Waals surface area contributed by atoms with Gasteiger partial charge in [-0.1, -0.05) is 6.07 Å². The zero-order chi connectivity index (χ0) is 14.5. The van der Waals surface area contributed by atoms with Crippen LogP contribution < -0.4 is 15.2 Å². The molecule has 0 amide bonds. The Bertz CT molecular complexity index is 584. The molecule has 0 aliphatic rings. The molecule has 0 aliphatic heterocycles. The molecule has 4 heteroatoms. The van der Waals surface area contributed by atoms with Crippen LogP contribution in [0.4, 0.5) is 4.39 Å². The molecule has 3 nitrogen and oxygen atoms in total. The normalized spacial score (nSPS) is 12.0. The third kappa shape index (κ3) is 3.48. The molecule has 0 heterocycles. The van der Waals surface area contributed by atoms with Gasteiger partial charge < -0.3 is 15.2 Å². The van der Waals surface area contributed by atoms with Gasteiger partial charge in [-0.05, 0) is 44.2 Å². The van der Waals surface area contributed by atoms with E-state index in [0.717, 1.165) is 5.75 Å². The van der Waals surface area contributed by atoms with E-state index in [9.17, 15) is 4.39 Å². The number of benzene rings is 2. The van der Waals surface area contributed by atoms with Crippen LogP contribution in [0, 0.1) is 5.82 Å². The van der Waals surface area contributed by atoms with Gasteiger partial charge >= 0.3 is 0 Å². The molecule has 0 fully saturated rings. The van der Waals surface area contributed by atoms with Crippen molar-refractivity contribution in [2.75, 3.05) is 6.61 Å². The van der Waals surface area contributed by atoms with Crippen molar-refractivity contribution < 1.29 is 13.9 Å². The van der Waals surface area contributed by atoms with Gasteiger partial charge in [0.2, 0.25) is 0 Å². The van der Waals surface area contributed by atoms with Gasteiger partial charge in [-0.2, -0.15) is 0 Å². The lowest BCUT2D eigenvalue weighted by atomic mass is 10.1. The van der Waals surface area contributed by atoms with Gasteiger partial charge in [-0.3, -0.25) is 0 Å². The molecule has 2 aromatic carbocycles. The van der Waals surface area contributed by atoms with E-state index >= 15 is 0 Å². The van der Waals surface area contributed by atoms with Crippen molar-refractivity contribution in [3.8, 4) is 17.2 Å². The van der Waals surface area contributed by atoms with Crippen molar-refractivity contribution in [1.82, 2.24) is 0 Å². The minimum atomic E-state index is -0.326. The van der Waals surface area contributed by atoms with Crippen LogP contribution in [-0.4, -0.2) is 6.61 Å². The second kappa shape index (κ2) is 6.39. The fourth-order valence-electron chi connectivity index (χ4n) is 1.89. The maximum atomic E-state index is 13.3. The van der Waals surface area contributed by atoms with Crippen LogP contribution in [0.25, 0.3) is 0 Å². The number of hydrogen-bond donors (Lipinski definition) is 1. The Morgan fingerprint density at radius 1 is 1.15 bits per heavy atom. The Hall–Kier alpha value is -2.07. The fourth-order valence-corrected chi connectivity index (χ4v) is 1.89. The summed E-state index contributed by atoms with van der Waals surface area (Å²) in [5.74, 6) is 1.58. The van der Waals surface area contributed by atoms with Crippen LogP contribution in [-0.2, 0) is 0 Å². The van der Waals surface area contributed by atoms with E-state index < -0.39 is 0 Å². The molecule has 106 valence electrons. The molecule has 2 rings (SSSR count). The molecule has 0 aliphatic carbocycles. The summed E-state index contributed by atoms with van der Waals surface area (Å²) in [6.45, 7) is 4.30. The molecule has 1 unspecified atom stereocenters. The molecule has 2 aromatic rings. The molecule has 0 saturated carbocycles. The Morgan fingerprint density at radius 3 is 2.60 bits per heavy atom. The van der Waals surface area contributed by atoms with Crippen molar-refractivity contribution in [2.45, 2.75) is 19.9 Å². The Labute approximate surface area is 118 Å². The summed E-state index contributed by atoms with van der Waals surface area (Å²) < 4.78 is 24.5. The van der Waals surface area contributed by atoms with Gasteiger partial charge in [0.25, 0.3) is 0 Å². The molecule has 1 atom stereocenters. The van der Waals surface area contributed by atoms with Crippen LogP contribution in [0.3, 0.4) is 0 Å². The van der Waals surface area contributed by atoms with Crippen molar-refractivity contribution in [3.63, 3.8) is 0 Å². The monoisotopic (exact) mass is 275 g/mol. The summed E-state index contributed by atoms with van der Waals surface area (Å²) >= 11 is 0. The smallest absolute Gasteiger partial charge is 0.132 e. The highest BCUT2D eigenvalue weighted by molar-refractivity contribution is 5.41. The van der Waals surface area contributed by atoms with Crippen molar-refractivity contribution in [3.05, 3.63) is 53.8 Å². The third-order valence-corrected chi connectivity index (χ3v) is 2.81. The van der Waals surface area contributed by atoms with Crippen LogP contribution in [0.15, 0.2) is 42.5 Å². The lowest BCUT2D eigenvalue weighted by Gasteiger charge is -2.14. The first-order valence-corrected chi connectivity index (χ1v) is 6.56. The summed E-state index contributed by atoms with van der Waals surface area (Å²) in [7, 11) is 0. The lowest BCUT2D eigenvalue weighted by molar-refractivity contribution is 0.338. The molecule has 0 radical (unpaired) electrons. The van der Waals surface area contributed by atoms with Crippen molar-refractivity contribution >= 4 is 0 Å². The maximum Gasteiger partial charge on any atom is 0.132 e. The zero-order valence-electron chi connectivity index (χ0n) is 11.6. The quantitative estimate of drug-likeness (QED) is 0.895. The van der Waals surface area contributed by atoms with Gasteiger partial charge in [0, 0.05) is 17.7 Å². The van der Waals surface area contributed by atoms with Crippen LogP contribution in [0.2, 0.25) is 0 Å². The average Bonchev–Trinajstić information content (AvgIpc) is 2.41. The predicted octanol–water partition coefficient (Wildman–Crippen LogP) is 4.04. The fraction of sp³-hybridized carbons (Fsp3) is 0.250. The highest BCUT2D eigenvalue weighted by Crippen LogP contribution is 2.31. The standard InChI is InChI=1S/C16H18FNO2/c1-3-19-13-5-4-6-14(10-13)20-16-8-7-12(17)9-15(16)11(2)18/h4-11H,3,18H2,1-2H3. The third-order valence-electron chi connectivity index (χ3n) is 2.81. The predicted molar refractivity (Wildman–Crippen MR) is 76.7 cm³/mol. The number of nitrogens with two attached hydrogens (primary N) is 1. The van der Waals surface area contributed by atoms with Gasteiger partial charge in [0.15, 0.2) is 0 Å². The van der Waals surface area contributed by atoms with E-state index in [1.807, 2.05) is 25.1 Å². The Balaban J connectivity index is 2.27. The molecule has 0 spiro atoms. The molecule has 0 aromatic heterocycles. The minimum Gasteiger partial charge on any atom is -0.494 e. The van der Waals surface area contributed by atoms with Gasteiger partial charge in [-0.25, -0.2) is 4.39 Å². The van der Waals surface area contributed by atoms with E-state index in [0.29, 0.717) is 23.7 Å². The maximum absolute atomic E-state index is 13.3. The molecule has 2 N–H and O–H groups in total. The highest BCUT2D eigenvalue weighted by atomic mass is 19.1. The van der Waals surface area contributed by atoms with E-state index in [2.05, 4.69) is 0 Å². The second-order valence-corrected chi connectivity index (χ2v) is 4.48. The van der Waals surface area contributed by atoms with E-state index in [1.165, 1.54) is 12.1 Å². The summed E-state index contributed by atoms with van der Waals surface area (Å²) in [6, 6.07) is 11.3. The van der Waals surface area contributed by atoms with Crippen LogP contribution >= 0.6 is 0 Å².